The molecular formula is C19H19ClN2O2. The maximum Gasteiger partial charge on any atom is 0.251 e. The van der Waals surface area contributed by atoms with Gasteiger partial charge in [-0.3, -0.25) is 9.59 Å². The minimum Gasteiger partial charge on any atom is -0.352 e. The van der Waals surface area contributed by atoms with Gasteiger partial charge >= 0.3 is 0 Å². The number of hydrogen-bond donors (Lipinski definition) is 2. The first-order valence-electron chi connectivity index (χ1n) is 7.71. The molecule has 4 nitrogen and oxygen atoms in total. The van der Waals surface area contributed by atoms with Crippen molar-refractivity contribution >= 4 is 35.2 Å². The van der Waals surface area contributed by atoms with E-state index < -0.39 is 0 Å². The van der Waals surface area contributed by atoms with Crippen LogP contribution in [0.15, 0.2) is 54.6 Å². The van der Waals surface area contributed by atoms with Crippen molar-refractivity contribution in [3.63, 3.8) is 0 Å². The SMILES string of the molecule is CCCNC(=O)c1ccc(NC(=O)/C=C/c2ccc(Cl)cc2)cc1. The number of halogens is 1. The summed E-state index contributed by atoms with van der Waals surface area (Å²) in [6.45, 7) is 2.64. The second-order valence-electron chi connectivity index (χ2n) is 5.21. The summed E-state index contributed by atoms with van der Waals surface area (Å²) >= 11 is 5.81. The number of anilines is 1. The third kappa shape index (κ3) is 5.56. The van der Waals surface area contributed by atoms with Gasteiger partial charge in [0.25, 0.3) is 5.91 Å². The van der Waals surface area contributed by atoms with E-state index in [2.05, 4.69) is 10.6 Å². The third-order valence-electron chi connectivity index (χ3n) is 3.25. The fourth-order valence-corrected chi connectivity index (χ4v) is 2.10. The molecule has 0 fully saturated rings. The summed E-state index contributed by atoms with van der Waals surface area (Å²) in [6, 6.07) is 14.0. The molecule has 0 atom stereocenters. The van der Waals surface area contributed by atoms with E-state index in [0.29, 0.717) is 22.8 Å². The molecule has 0 aliphatic carbocycles. The summed E-state index contributed by atoms with van der Waals surface area (Å²) in [5.41, 5.74) is 2.09. The number of amides is 2. The van der Waals surface area contributed by atoms with Crippen LogP contribution in [-0.2, 0) is 4.79 Å². The maximum absolute atomic E-state index is 11.9. The Bertz CT molecular complexity index is 722. The molecule has 2 N–H and O–H groups in total. The Hall–Kier alpha value is -2.59. The first-order chi connectivity index (χ1) is 11.6. The Morgan fingerprint density at radius 1 is 1.04 bits per heavy atom. The highest BCUT2D eigenvalue weighted by Gasteiger charge is 2.04. The first kappa shape index (κ1) is 17.8. The van der Waals surface area contributed by atoms with E-state index in [1.165, 1.54) is 6.08 Å². The first-order valence-corrected chi connectivity index (χ1v) is 8.09. The van der Waals surface area contributed by atoms with Gasteiger partial charge in [-0.25, -0.2) is 0 Å². The van der Waals surface area contributed by atoms with E-state index in [9.17, 15) is 9.59 Å². The average Bonchev–Trinajstić information content (AvgIpc) is 2.60. The predicted molar refractivity (Wildman–Crippen MR) is 98.2 cm³/mol. The van der Waals surface area contributed by atoms with E-state index in [1.807, 2.05) is 19.1 Å². The largest absolute Gasteiger partial charge is 0.352 e. The zero-order valence-electron chi connectivity index (χ0n) is 13.4. The smallest absolute Gasteiger partial charge is 0.251 e. The molecule has 0 spiro atoms. The van der Waals surface area contributed by atoms with Crippen LogP contribution in [0.2, 0.25) is 5.02 Å². The molecule has 0 aliphatic rings. The van der Waals surface area contributed by atoms with Gasteiger partial charge in [0.1, 0.15) is 0 Å². The standard InChI is InChI=1S/C19H19ClN2O2/c1-2-13-21-19(24)15-6-10-17(11-7-15)22-18(23)12-5-14-3-8-16(20)9-4-14/h3-12H,2,13H2,1H3,(H,21,24)(H,22,23)/b12-5+. The molecule has 0 saturated heterocycles. The van der Waals surface area contributed by atoms with Crippen LogP contribution < -0.4 is 10.6 Å². The second-order valence-corrected chi connectivity index (χ2v) is 5.64. The van der Waals surface area contributed by atoms with Crippen molar-refractivity contribution in [3.05, 3.63) is 70.8 Å². The number of benzene rings is 2. The van der Waals surface area contributed by atoms with Crippen LogP contribution in [-0.4, -0.2) is 18.4 Å². The van der Waals surface area contributed by atoms with E-state index in [4.69, 9.17) is 11.6 Å². The van der Waals surface area contributed by atoms with E-state index in [1.54, 1.807) is 42.5 Å². The van der Waals surface area contributed by atoms with Gasteiger partial charge in [-0.05, 0) is 54.5 Å². The Morgan fingerprint density at radius 3 is 2.33 bits per heavy atom. The molecule has 2 amide bonds. The molecule has 0 aliphatic heterocycles. The number of rotatable bonds is 6. The quantitative estimate of drug-likeness (QED) is 0.775. The molecule has 2 aromatic carbocycles. The van der Waals surface area contributed by atoms with Gasteiger partial charge in [0.05, 0.1) is 0 Å². The highest BCUT2D eigenvalue weighted by Crippen LogP contribution is 2.12. The molecule has 2 aromatic rings. The van der Waals surface area contributed by atoms with Crippen molar-refractivity contribution in [3.8, 4) is 0 Å². The van der Waals surface area contributed by atoms with Gasteiger partial charge in [0.15, 0.2) is 0 Å². The highest BCUT2D eigenvalue weighted by atomic mass is 35.5. The maximum atomic E-state index is 11.9. The minimum atomic E-state index is -0.242. The summed E-state index contributed by atoms with van der Waals surface area (Å²) in [7, 11) is 0. The average molecular weight is 343 g/mol. The van der Waals surface area contributed by atoms with Gasteiger partial charge in [-0.2, -0.15) is 0 Å². The van der Waals surface area contributed by atoms with Crippen LogP contribution >= 0.6 is 11.6 Å². The number of hydrogen-bond acceptors (Lipinski definition) is 2. The monoisotopic (exact) mass is 342 g/mol. The molecule has 0 bridgehead atoms. The molecule has 0 unspecified atom stereocenters. The van der Waals surface area contributed by atoms with Crippen LogP contribution in [0.3, 0.4) is 0 Å². The third-order valence-corrected chi connectivity index (χ3v) is 3.50. The number of nitrogens with one attached hydrogen (secondary N) is 2. The van der Waals surface area contributed by atoms with Crippen LogP contribution in [0.4, 0.5) is 5.69 Å². The second kappa shape index (κ2) is 8.89. The van der Waals surface area contributed by atoms with Crippen molar-refractivity contribution in [1.82, 2.24) is 5.32 Å². The minimum absolute atomic E-state index is 0.114. The predicted octanol–water partition coefficient (Wildman–Crippen LogP) is 4.13. The zero-order chi connectivity index (χ0) is 17.4. The van der Waals surface area contributed by atoms with Crippen LogP contribution in [0.5, 0.6) is 0 Å². The molecule has 0 aromatic heterocycles. The summed E-state index contributed by atoms with van der Waals surface area (Å²) < 4.78 is 0. The van der Waals surface area contributed by atoms with E-state index in [-0.39, 0.29) is 11.8 Å². The molecule has 5 heteroatoms. The molecule has 0 saturated carbocycles. The fourth-order valence-electron chi connectivity index (χ4n) is 1.98. The van der Waals surface area contributed by atoms with Crippen molar-refractivity contribution in [2.75, 3.05) is 11.9 Å². The lowest BCUT2D eigenvalue weighted by molar-refractivity contribution is -0.111. The van der Waals surface area contributed by atoms with Crippen LogP contribution in [0, 0.1) is 0 Å². The lowest BCUT2D eigenvalue weighted by Gasteiger charge is -2.05. The molecule has 0 heterocycles. The number of carbonyl (C=O) groups is 2. The molecule has 124 valence electrons. The van der Waals surface area contributed by atoms with Crippen molar-refractivity contribution < 1.29 is 9.59 Å². The van der Waals surface area contributed by atoms with Gasteiger partial charge in [0.2, 0.25) is 5.91 Å². The molecule has 2 rings (SSSR count). The van der Waals surface area contributed by atoms with Gasteiger partial charge in [-0.1, -0.05) is 30.7 Å². The summed E-state index contributed by atoms with van der Waals surface area (Å²) in [5.74, 6) is -0.356. The van der Waals surface area contributed by atoms with Gasteiger partial charge in [0, 0.05) is 28.9 Å². The normalized spacial score (nSPS) is 10.6. The summed E-state index contributed by atoms with van der Waals surface area (Å²) in [5, 5.41) is 6.21. The van der Waals surface area contributed by atoms with Crippen molar-refractivity contribution in [1.29, 1.82) is 0 Å². The summed E-state index contributed by atoms with van der Waals surface area (Å²) in [6.07, 6.45) is 4.04. The molecular weight excluding hydrogens is 324 g/mol. The Kier molecular flexibility index (Phi) is 6.58. The number of carbonyl (C=O) groups excluding carboxylic acids is 2. The Labute approximate surface area is 146 Å². The molecule has 0 radical (unpaired) electrons. The van der Waals surface area contributed by atoms with E-state index in [0.717, 1.165) is 12.0 Å². The molecule has 24 heavy (non-hydrogen) atoms. The van der Waals surface area contributed by atoms with Crippen molar-refractivity contribution in [2.24, 2.45) is 0 Å². The van der Waals surface area contributed by atoms with Crippen molar-refractivity contribution in [2.45, 2.75) is 13.3 Å². The van der Waals surface area contributed by atoms with Crippen LogP contribution in [0.1, 0.15) is 29.3 Å². The van der Waals surface area contributed by atoms with Crippen LogP contribution in [0.25, 0.3) is 6.08 Å². The van der Waals surface area contributed by atoms with Gasteiger partial charge < -0.3 is 10.6 Å². The lowest BCUT2D eigenvalue weighted by Crippen LogP contribution is -2.23. The van der Waals surface area contributed by atoms with Gasteiger partial charge in [-0.15, -0.1) is 0 Å². The Morgan fingerprint density at radius 2 is 1.71 bits per heavy atom. The fraction of sp³-hybridized carbons (Fsp3) is 0.158. The topological polar surface area (TPSA) is 58.2 Å². The highest BCUT2D eigenvalue weighted by molar-refractivity contribution is 6.30. The Balaban J connectivity index is 1.92. The zero-order valence-corrected chi connectivity index (χ0v) is 14.1. The summed E-state index contributed by atoms with van der Waals surface area (Å²) in [4.78, 5) is 23.7. The lowest BCUT2D eigenvalue weighted by atomic mass is 10.2. The van der Waals surface area contributed by atoms with E-state index >= 15 is 0 Å².